The number of carboxylic acid groups (broad SMARTS) is 1. The van der Waals surface area contributed by atoms with Crippen LogP contribution in [-0.2, 0) is 19.1 Å². The number of aliphatic hydroxyl groups is 1. The Balaban J connectivity index is 2.03. The van der Waals surface area contributed by atoms with Gasteiger partial charge in [0.25, 0.3) is 0 Å². The molecule has 3 heterocycles. The molecule has 0 aliphatic carbocycles. The molecule has 3 rings (SSSR count). The first-order valence-corrected chi connectivity index (χ1v) is 10.9. The Morgan fingerprint density at radius 2 is 2.10 bits per heavy atom. The number of aliphatic hydroxyl groups excluding tert-OH is 1. The van der Waals surface area contributed by atoms with E-state index in [0.717, 1.165) is 19.3 Å². The van der Waals surface area contributed by atoms with E-state index in [9.17, 15) is 24.6 Å². The fourth-order valence-electron chi connectivity index (χ4n) is 5.75. The Morgan fingerprint density at radius 1 is 1.40 bits per heavy atom. The van der Waals surface area contributed by atoms with Crippen molar-refractivity contribution >= 4 is 17.8 Å². The van der Waals surface area contributed by atoms with E-state index in [0.29, 0.717) is 25.9 Å². The minimum Gasteiger partial charge on any atom is -0.481 e. The molecule has 2 unspecified atom stereocenters. The maximum Gasteiger partial charge on any atom is 0.310 e. The van der Waals surface area contributed by atoms with Crippen LogP contribution in [0.25, 0.3) is 0 Å². The number of ether oxygens (including phenoxy) is 1. The summed E-state index contributed by atoms with van der Waals surface area (Å²) in [5.41, 5.74) is -2.13. The van der Waals surface area contributed by atoms with E-state index in [1.54, 1.807) is 24.8 Å². The van der Waals surface area contributed by atoms with E-state index < -0.39 is 47.0 Å². The molecule has 8 nitrogen and oxygen atoms in total. The number of nitrogens with zero attached hydrogens (tertiary/aromatic N) is 2. The van der Waals surface area contributed by atoms with Gasteiger partial charge in [-0.05, 0) is 33.1 Å². The average Bonchev–Trinajstić information content (AvgIpc) is 3.27. The largest absolute Gasteiger partial charge is 0.481 e. The van der Waals surface area contributed by atoms with Crippen LogP contribution in [0.3, 0.4) is 0 Å². The Labute approximate surface area is 177 Å². The summed E-state index contributed by atoms with van der Waals surface area (Å²) in [6.45, 7) is 9.81. The number of carbonyl (C=O) groups is 3. The first kappa shape index (κ1) is 22.7. The van der Waals surface area contributed by atoms with E-state index >= 15 is 0 Å². The molecule has 3 aliphatic heterocycles. The van der Waals surface area contributed by atoms with Crippen molar-refractivity contribution < 1.29 is 29.3 Å². The second kappa shape index (κ2) is 8.30. The number of fused-ring (bicyclic) bond motifs is 1. The van der Waals surface area contributed by atoms with E-state index in [1.165, 1.54) is 4.90 Å². The number of hydrogen-bond donors (Lipinski definition) is 2. The van der Waals surface area contributed by atoms with Gasteiger partial charge in [-0.25, -0.2) is 0 Å². The van der Waals surface area contributed by atoms with Crippen molar-refractivity contribution in [3.8, 4) is 0 Å². The number of carboxylic acids is 1. The fraction of sp³-hybridized carbons (Fsp3) is 0.773. The molecule has 3 aliphatic rings. The Morgan fingerprint density at radius 3 is 2.67 bits per heavy atom. The standard InChI is InChI=1S/C22H34N2O6/c1-5-7-8-12-23(11-6-2)19(27)17-22-10-9-21(4,30-22)16(20(28)29)15(22)18(26)24(17)14(3)13-25/h6,14-17,25H,2,5,7-13H2,1,3-4H3,(H,28,29)/t14-,15+,16-,17?,21+,22?/m1/s1. The van der Waals surface area contributed by atoms with Gasteiger partial charge in [-0.1, -0.05) is 25.8 Å². The molecule has 0 aromatic heterocycles. The summed E-state index contributed by atoms with van der Waals surface area (Å²) in [5.74, 6) is -3.65. The molecule has 30 heavy (non-hydrogen) atoms. The van der Waals surface area contributed by atoms with Crippen molar-refractivity contribution in [3.63, 3.8) is 0 Å². The lowest BCUT2D eigenvalue weighted by molar-refractivity contribution is -0.158. The number of hydrogen-bond acceptors (Lipinski definition) is 5. The van der Waals surface area contributed by atoms with Crippen LogP contribution < -0.4 is 0 Å². The average molecular weight is 423 g/mol. The normalized spacial score (nSPS) is 35.4. The van der Waals surface area contributed by atoms with Gasteiger partial charge in [-0.15, -0.1) is 6.58 Å². The minimum atomic E-state index is -1.17. The zero-order valence-electron chi connectivity index (χ0n) is 18.2. The second-order valence-electron chi connectivity index (χ2n) is 9.12. The molecule has 1 spiro atoms. The van der Waals surface area contributed by atoms with Crippen molar-refractivity contribution in [2.24, 2.45) is 11.8 Å². The van der Waals surface area contributed by atoms with Crippen molar-refractivity contribution in [3.05, 3.63) is 12.7 Å². The van der Waals surface area contributed by atoms with E-state index in [1.807, 2.05) is 0 Å². The molecule has 168 valence electrons. The lowest BCUT2D eigenvalue weighted by Gasteiger charge is -2.38. The molecule has 2 N–H and O–H groups in total. The van der Waals surface area contributed by atoms with Crippen LogP contribution in [-0.4, -0.2) is 80.8 Å². The first-order valence-electron chi connectivity index (χ1n) is 10.9. The molecule has 8 heteroatoms. The molecule has 0 aromatic rings. The van der Waals surface area contributed by atoms with Gasteiger partial charge >= 0.3 is 5.97 Å². The highest BCUT2D eigenvalue weighted by Crippen LogP contribution is 2.63. The maximum absolute atomic E-state index is 13.8. The number of aliphatic carboxylic acids is 1. The van der Waals surface area contributed by atoms with Gasteiger partial charge in [-0.3, -0.25) is 14.4 Å². The SMILES string of the molecule is C=CCN(CCCCC)C(=O)C1N([C@H](C)CO)C(=O)[C@@H]2[C@H](C(=O)O)[C@]3(C)CCC12O3. The molecule has 2 bridgehead atoms. The van der Waals surface area contributed by atoms with Gasteiger partial charge in [0.15, 0.2) is 0 Å². The van der Waals surface area contributed by atoms with Gasteiger partial charge in [0.05, 0.1) is 30.1 Å². The third kappa shape index (κ3) is 3.24. The summed E-state index contributed by atoms with van der Waals surface area (Å²) in [7, 11) is 0. The molecule has 0 aromatic carbocycles. The molecule has 3 fully saturated rings. The minimum absolute atomic E-state index is 0.252. The molecule has 2 amide bonds. The smallest absolute Gasteiger partial charge is 0.310 e. The van der Waals surface area contributed by atoms with E-state index in [-0.39, 0.29) is 12.5 Å². The molecule has 6 atom stereocenters. The summed E-state index contributed by atoms with van der Waals surface area (Å²) in [4.78, 5) is 42.4. The summed E-state index contributed by atoms with van der Waals surface area (Å²) in [6.07, 6.45) is 5.41. The van der Waals surface area contributed by atoms with Crippen LogP contribution in [0.15, 0.2) is 12.7 Å². The highest BCUT2D eigenvalue weighted by atomic mass is 16.5. The van der Waals surface area contributed by atoms with E-state index in [2.05, 4.69) is 13.5 Å². The van der Waals surface area contributed by atoms with Crippen LogP contribution in [0.4, 0.5) is 0 Å². The number of carbonyl (C=O) groups excluding carboxylic acids is 2. The Bertz CT molecular complexity index is 726. The highest BCUT2D eigenvalue weighted by Gasteiger charge is 2.78. The zero-order chi connectivity index (χ0) is 22.3. The van der Waals surface area contributed by atoms with Crippen molar-refractivity contribution in [1.29, 1.82) is 0 Å². The van der Waals surface area contributed by atoms with Crippen molar-refractivity contribution in [1.82, 2.24) is 9.80 Å². The Kier molecular flexibility index (Phi) is 6.30. The van der Waals surface area contributed by atoms with Crippen LogP contribution in [0.1, 0.15) is 52.9 Å². The summed E-state index contributed by atoms with van der Waals surface area (Å²) in [6, 6.07) is -1.55. The summed E-state index contributed by atoms with van der Waals surface area (Å²) >= 11 is 0. The summed E-state index contributed by atoms with van der Waals surface area (Å²) in [5, 5.41) is 19.7. The number of rotatable bonds is 10. The number of likely N-dealkylation sites (tertiary alicyclic amines) is 1. The molecule has 0 radical (unpaired) electrons. The lowest BCUT2D eigenvalue weighted by Crippen LogP contribution is -2.58. The topological polar surface area (TPSA) is 107 Å². The highest BCUT2D eigenvalue weighted by molar-refractivity contribution is 5.98. The van der Waals surface area contributed by atoms with Gasteiger partial charge in [-0.2, -0.15) is 0 Å². The quantitative estimate of drug-likeness (QED) is 0.407. The van der Waals surface area contributed by atoms with Crippen LogP contribution in [0.2, 0.25) is 0 Å². The third-order valence-electron chi connectivity index (χ3n) is 7.15. The third-order valence-corrected chi connectivity index (χ3v) is 7.15. The second-order valence-corrected chi connectivity index (χ2v) is 9.12. The van der Waals surface area contributed by atoms with Crippen LogP contribution >= 0.6 is 0 Å². The van der Waals surface area contributed by atoms with Gasteiger partial charge in [0.2, 0.25) is 11.8 Å². The predicted molar refractivity (Wildman–Crippen MR) is 110 cm³/mol. The molecule has 0 saturated carbocycles. The van der Waals surface area contributed by atoms with Crippen molar-refractivity contribution in [2.45, 2.75) is 76.2 Å². The molecular formula is C22H34N2O6. The first-order chi connectivity index (χ1) is 14.2. The maximum atomic E-state index is 13.8. The summed E-state index contributed by atoms with van der Waals surface area (Å²) < 4.78 is 6.33. The molecule has 3 saturated heterocycles. The zero-order valence-corrected chi connectivity index (χ0v) is 18.2. The predicted octanol–water partition coefficient (Wildman–Crippen LogP) is 1.42. The molecular weight excluding hydrogens is 388 g/mol. The van der Waals surface area contributed by atoms with Gasteiger partial charge in [0.1, 0.15) is 11.6 Å². The lowest BCUT2D eigenvalue weighted by atomic mass is 9.66. The van der Waals surface area contributed by atoms with Gasteiger partial charge in [0, 0.05) is 13.1 Å². The monoisotopic (exact) mass is 422 g/mol. The van der Waals surface area contributed by atoms with E-state index in [4.69, 9.17) is 4.74 Å². The fourth-order valence-corrected chi connectivity index (χ4v) is 5.75. The number of unbranched alkanes of at least 4 members (excludes halogenated alkanes) is 2. The van der Waals surface area contributed by atoms with Crippen LogP contribution in [0.5, 0.6) is 0 Å². The van der Waals surface area contributed by atoms with Gasteiger partial charge < -0.3 is 24.7 Å². The Hall–Kier alpha value is -1.93. The van der Waals surface area contributed by atoms with Crippen molar-refractivity contribution in [2.75, 3.05) is 19.7 Å². The van der Waals surface area contributed by atoms with Crippen LogP contribution in [0, 0.1) is 11.8 Å². The number of amides is 2.